The minimum Gasteiger partial charge on any atom is -0.453 e. The lowest BCUT2D eigenvalue weighted by molar-refractivity contribution is -0.135. The van der Waals surface area contributed by atoms with Gasteiger partial charge in [0.1, 0.15) is 17.9 Å². The topological polar surface area (TPSA) is 158 Å². The molecule has 13 nitrogen and oxygen atoms in total. The van der Waals surface area contributed by atoms with Gasteiger partial charge in [-0.1, -0.05) is 96.1 Å². The molecule has 2 aliphatic heterocycles. The first-order valence-electron chi connectivity index (χ1n) is 21.4. The van der Waals surface area contributed by atoms with Gasteiger partial charge in [0.05, 0.1) is 38.2 Å². The molecule has 2 saturated heterocycles. The quantitative estimate of drug-likeness (QED) is 0.131. The Bertz CT molecular complexity index is 1920. The normalized spacial score (nSPS) is 17.5. The van der Waals surface area contributed by atoms with Crippen molar-refractivity contribution in [2.45, 2.75) is 117 Å². The molecule has 5 rings (SSSR count). The zero-order valence-corrected chi connectivity index (χ0v) is 37.2. The molecular formula is C47H67N7O6. The monoisotopic (exact) mass is 826 g/mol. The van der Waals surface area contributed by atoms with E-state index in [9.17, 15) is 19.2 Å². The highest BCUT2D eigenvalue weighted by molar-refractivity contribution is 5.94. The summed E-state index contributed by atoms with van der Waals surface area (Å²) in [5, 5.41) is 5.32. The van der Waals surface area contributed by atoms with E-state index < -0.39 is 24.3 Å². The van der Waals surface area contributed by atoms with Gasteiger partial charge >= 0.3 is 12.2 Å². The molecule has 3 heterocycles. The predicted octanol–water partition coefficient (Wildman–Crippen LogP) is 8.17. The number of benzene rings is 2. The summed E-state index contributed by atoms with van der Waals surface area (Å²) in [6.45, 7) is 17.4. The number of alkyl carbamates (subject to hydrolysis) is 2. The van der Waals surface area contributed by atoms with Crippen LogP contribution >= 0.6 is 0 Å². The zero-order valence-electron chi connectivity index (χ0n) is 37.2. The summed E-state index contributed by atoms with van der Waals surface area (Å²) < 4.78 is 9.33. The zero-order chi connectivity index (χ0) is 43.9. The van der Waals surface area contributed by atoms with Crippen molar-refractivity contribution >= 4 is 35.3 Å². The van der Waals surface area contributed by atoms with E-state index in [1.54, 1.807) is 7.05 Å². The van der Waals surface area contributed by atoms with Gasteiger partial charge in [0, 0.05) is 25.8 Å². The Hall–Kier alpha value is -5.46. The van der Waals surface area contributed by atoms with Crippen molar-refractivity contribution < 1.29 is 28.7 Å². The number of ether oxygens (including phenoxy) is 2. The van der Waals surface area contributed by atoms with Crippen LogP contribution in [-0.2, 0) is 31.9 Å². The second-order valence-corrected chi connectivity index (χ2v) is 16.4. The SMILES string of the molecule is C=C(CCc1ccc(-c2cnc(C3CCCN3C(=O)C(NC(=O)OC)C(C)C)[nH]2)cc1)c1ccc(CCC)cc1.CN=C(C)C1CCCN1C(=O)C(NC(=O)OC)C(C)C. The van der Waals surface area contributed by atoms with Gasteiger partial charge in [-0.2, -0.15) is 0 Å². The average molecular weight is 826 g/mol. The Morgan fingerprint density at radius 2 is 1.37 bits per heavy atom. The number of imidazole rings is 1. The number of carbonyl (C=O) groups is 4. The van der Waals surface area contributed by atoms with Crippen molar-refractivity contribution in [3.8, 4) is 11.3 Å². The number of amides is 4. The summed E-state index contributed by atoms with van der Waals surface area (Å²) in [5.41, 5.74) is 7.93. The van der Waals surface area contributed by atoms with E-state index in [2.05, 4.69) is 92.4 Å². The molecule has 0 bridgehead atoms. The Kier molecular flexibility index (Phi) is 17.9. The number of aromatic nitrogens is 2. The van der Waals surface area contributed by atoms with Gasteiger partial charge in [-0.3, -0.25) is 14.6 Å². The minimum atomic E-state index is -0.647. The summed E-state index contributed by atoms with van der Waals surface area (Å²) >= 11 is 0. The van der Waals surface area contributed by atoms with Crippen molar-refractivity contribution in [3.05, 3.63) is 83.8 Å². The predicted molar refractivity (Wildman–Crippen MR) is 238 cm³/mol. The van der Waals surface area contributed by atoms with E-state index in [1.807, 2.05) is 50.6 Å². The molecule has 60 heavy (non-hydrogen) atoms. The molecule has 13 heteroatoms. The number of nitrogens with zero attached hydrogens (tertiary/aromatic N) is 4. The van der Waals surface area contributed by atoms with E-state index in [1.165, 1.54) is 30.9 Å². The summed E-state index contributed by atoms with van der Waals surface area (Å²) in [6, 6.07) is 16.0. The first kappa shape index (κ1) is 47.2. The van der Waals surface area contributed by atoms with Crippen LogP contribution in [0.5, 0.6) is 0 Å². The molecule has 2 fully saturated rings. The average Bonchev–Trinajstić information content (AvgIpc) is 4.05. The van der Waals surface area contributed by atoms with E-state index in [0.29, 0.717) is 13.1 Å². The summed E-state index contributed by atoms with van der Waals surface area (Å²) in [5.74, 6) is 0.537. The van der Waals surface area contributed by atoms with Crippen molar-refractivity contribution in [1.82, 2.24) is 30.4 Å². The number of methoxy groups -OCH3 is 2. The maximum atomic E-state index is 13.4. The third-order valence-corrected chi connectivity index (χ3v) is 11.5. The number of carbonyl (C=O) groups excluding carboxylic acids is 4. The van der Waals surface area contributed by atoms with Crippen LogP contribution in [0.1, 0.15) is 109 Å². The Balaban J connectivity index is 0.000000334. The number of allylic oxidation sites excluding steroid dienone is 1. The fourth-order valence-corrected chi connectivity index (χ4v) is 7.82. The highest BCUT2D eigenvalue weighted by Crippen LogP contribution is 2.33. The van der Waals surface area contributed by atoms with Crippen molar-refractivity contribution in [1.29, 1.82) is 0 Å². The minimum absolute atomic E-state index is 0.00159. The maximum Gasteiger partial charge on any atom is 0.407 e. The molecule has 3 aromatic rings. The number of nitrogens with one attached hydrogen (secondary N) is 3. The molecule has 4 atom stereocenters. The van der Waals surface area contributed by atoms with Crippen LogP contribution in [0.2, 0.25) is 0 Å². The Morgan fingerprint density at radius 1 is 0.833 bits per heavy atom. The maximum absolute atomic E-state index is 13.4. The van der Waals surface area contributed by atoms with Gasteiger partial charge in [0.15, 0.2) is 0 Å². The van der Waals surface area contributed by atoms with Gasteiger partial charge in [0.2, 0.25) is 11.8 Å². The van der Waals surface area contributed by atoms with E-state index in [4.69, 9.17) is 4.74 Å². The molecule has 326 valence electrons. The number of H-pyrrole nitrogens is 1. The van der Waals surface area contributed by atoms with Gasteiger partial charge in [-0.05, 0) is 91.5 Å². The molecule has 4 amide bonds. The van der Waals surface area contributed by atoms with Gasteiger partial charge in [-0.15, -0.1) is 0 Å². The van der Waals surface area contributed by atoms with Crippen LogP contribution < -0.4 is 10.6 Å². The summed E-state index contributed by atoms with van der Waals surface area (Å²) in [4.78, 5) is 65.2. The molecule has 3 N–H and O–H groups in total. The van der Waals surface area contributed by atoms with Crippen molar-refractivity contribution in [2.24, 2.45) is 16.8 Å². The molecule has 4 unspecified atom stereocenters. The van der Waals surface area contributed by atoms with Crippen LogP contribution in [0.25, 0.3) is 16.8 Å². The fourth-order valence-electron chi connectivity index (χ4n) is 7.82. The van der Waals surface area contributed by atoms with Crippen LogP contribution in [-0.4, -0.2) is 102 Å². The molecule has 0 spiro atoms. The molecule has 2 aromatic carbocycles. The lowest BCUT2D eigenvalue weighted by Crippen LogP contribution is -2.53. The van der Waals surface area contributed by atoms with E-state index >= 15 is 0 Å². The van der Waals surface area contributed by atoms with Crippen molar-refractivity contribution in [2.75, 3.05) is 34.4 Å². The first-order valence-corrected chi connectivity index (χ1v) is 21.4. The van der Waals surface area contributed by atoms with E-state index in [-0.39, 0.29) is 35.7 Å². The number of likely N-dealkylation sites (tertiary alicyclic amines) is 2. The third kappa shape index (κ3) is 12.5. The molecular weight excluding hydrogens is 759 g/mol. The Morgan fingerprint density at radius 3 is 1.92 bits per heavy atom. The molecule has 0 aliphatic carbocycles. The second kappa shape index (κ2) is 22.8. The number of aliphatic imine (C=N–C) groups is 1. The number of hydrogen-bond donors (Lipinski definition) is 3. The first-order chi connectivity index (χ1) is 28.7. The largest absolute Gasteiger partial charge is 0.453 e. The van der Waals surface area contributed by atoms with Crippen LogP contribution in [0.3, 0.4) is 0 Å². The third-order valence-electron chi connectivity index (χ3n) is 11.5. The highest BCUT2D eigenvalue weighted by atomic mass is 16.5. The number of aryl methyl sites for hydroxylation is 2. The smallest absolute Gasteiger partial charge is 0.407 e. The van der Waals surface area contributed by atoms with Crippen LogP contribution in [0.4, 0.5) is 9.59 Å². The lowest BCUT2D eigenvalue weighted by atomic mass is 9.97. The lowest BCUT2D eigenvalue weighted by Gasteiger charge is -2.30. The number of hydrogen-bond acceptors (Lipinski definition) is 8. The molecule has 2 aliphatic rings. The van der Waals surface area contributed by atoms with Crippen LogP contribution in [0, 0.1) is 11.8 Å². The molecule has 0 saturated carbocycles. The molecule has 0 radical (unpaired) electrons. The van der Waals surface area contributed by atoms with E-state index in [0.717, 1.165) is 79.7 Å². The van der Waals surface area contributed by atoms with Crippen molar-refractivity contribution in [3.63, 3.8) is 0 Å². The summed E-state index contributed by atoms with van der Waals surface area (Å²) in [7, 11) is 4.34. The number of rotatable bonds is 15. The molecule has 1 aromatic heterocycles. The Labute approximate surface area is 356 Å². The van der Waals surface area contributed by atoms with Gasteiger partial charge in [0.25, 0.3) is 0 Å². The number of aromatic amines is 1. The van der Waals surface area contributed by atoms with Crippen LogP contribution in [0.15, 0.2) is 66.3 Å². The van der Waals surface area contributed by atoms with Gasteiger partial charge in [-0.25, -0.2) is 14.6 Å². The standard InChI is InChI=1S/C33H42N4O3.C14H25N3O3/c1-6-8-24-12-16-26(17-13-24)23(4)10-11-25-14-18-27(19-15-25)28-21-34-31(35-28)29-9-7-20-37(29)32(38)30(22(2)3)36-33(39)40-5;1-9(2)12(16-14(19)20-5)13(18)17-8-6-7-11(17)10(3)15-4/h12-19,21-22,29-30H,4,6-11,20H2,1-3,5H3,(H,34,35)(H,36,39);9,11-12H,6-8H2,1-5H3,(H,16,19). The van der Waals surface area contributed by atoms with Gasteiger partial charge < -0.3 is 34.9 Å². The fraction of sp³-hybridized carbons (Fsp3) is 0.532. The highest BCUT2D eigenvalue weighted by Gasteiger charge is 2.38. The second-order valence-electron chi connectivity index (χ2n) is 16.4. The summed E-state index contributed by atoms with van der Waals surface area (Å²) in [6.07, 6.45) is 8.38.